The Labute approximate surface area is 185 Å². The number of hydrogen-bond acceptors (Lipinski definition) is 4. The van der Waals surface area contributed by atoms with Crippen LogP contribution in [0.2, 0.25) is 0 Å². The quantitative estimate of drug-likeness (QED) is 0.385. The molecule has 29 heavy (non-hydrogen) atoms. The van der Waals surface area contributed by atoms with Crippen LogP contribution in [0.25, 0.3) is 0 Å². The average molecular weight is 477 g/mol. The molecule has 0 unspecified atom stereocenters. The van der Waals surface area contributed by atoms with Crippen LogP contribution in [0.4, 0.5) is 5.69 Å². The maximum atomic E-state index is 12.5. The van der Waals surface area contributed by atoms with Crippen LogP contribution in [0.1, 0.15) is 31.1 Å². The van der Waals surface area contributed by atoms with E-state index in [0.29, 0.717) is 46.4 Å². The lowest BCUT2D eigenvalue weighted by Crippen LogP contribution is -2.34. The first-order valence-corrected chi connectivity index (χ1v) is 10.4. The highest BCUT2D eigenvalue weighted by atomic mass is 79.9. The molecule has 0 saturated heterocycles. The van der Waals surface area contributed by atoms with E-state index >= 15 is 0 Å². The number of hydrogen-bond donors (Lipinski definition) is 2. The van der Waals surface area contributed by atoms with Gasteiger partial charge in [0, 0.05) is 17.3 Å². The summed E-state index contributed by atoms with van der Waals surface area (Å²) in [6, 6.07) is 12.5. The van der Waals surface area contributed by atoms with Gasteiger partial charge in [0.25, 0.3) is 5.91 Å². The third kappa shape index (κ3) is 7.87. The Morgan fingerprint density at radius 3 is 2.62 bits per heavy atom. The molecule has 0 fully saturated rings. The minimum absolute atomic E-state index is 0.198. The Morgan fingerprint density at radius 2 is 1.97 bits per heavy atom. The van der Waals surface area contributed by atoms with Crippen LogP contribution in [0.5, 0.6) is 11.5 Å². The van der Waals surface area contributed by atoms with Gasteiger partial charge >= 0.3 is 0 Å². The number of ether oxygens (including phenoxy) is 2. The number of thiocarbonyl (C=S) groups is 1. The Bertz CT molecular complexity index is 899. The van der Waals surface area contributed by atoms with E-state index in [1.807, 2.05) is 25.1 Å². The largest absolute Gasteiger partial charge is 0.492 e. The van der Waals surface area contributed by atoms with E-state index < -0.39 is 0 Å². The zero-order valence-corrected chi connectivity index (χ0v) is 19.2. The maximum absolute atomic E-state index is 12.5. The van der Waals surface area contributed by atoms with Crippen molar-refractivity contribution >= 4 is 44.9 Å². The Kier molecular flexibility index (Phi) is 8.67. The molecule has 2 aromatic carbocycles. The number of amides is 1. The first-order valence-electron chi connectivity index (χ1n) is 9.16. The summed E-state index contributed by atoms with van der Waals surface area (Å²) in [6.45, 7) is 10.9. The third-order valence-electron chi connectivity index (χ3n) is 3.57. The van der Waals surface area contributed by atoms with Gasteiger partial charge in [-0.1, -0.05) is 26.5 Å². The van der Waals surface area contributed by atoms with Crippen molar-refractivity contribution in [2.75, 3.05) is 18.5 Å². The van der Waals surface area contributed by atoms with Gasteiger partial charge in [0.15, 0.2) is 5.11 Å². The summed E-state index contributed by atoms with van der Waals surface area (Å²) in [6.07, 6.45) is 0. The standard InChI is InChI=1S/C22H25BrN2O3S/c1-14(2)12-27-18-7-5-6-17(11-18)24-22(29)25-21(26)16-8-9-20(19(23)10-16)28-13-15(3)4/h5-11,15H,1,12-13H2,2-4H3,(H2,24,25,26,29). The Balaban J connectivity index is 1.95. The second-order valence-corrected chi connectivity index (χ2v) is 8.29. The van der Waals surface area contributed by atoms with Gasteiger partial charge in [-0.15, -0.1) is 0 Å². The average Bonchev–Trinajstić information content (AvgIpc) is 2.65. The highest BCUT2D eigenvalue weighted by Gasteiger charge is 2.12. The van der Waals surface area contributed by atoms with Crippen LogP contribution < -0.4 is 20.1 Å². The molecule has 0 aliphatic heterocycles. The molecule has 2 aromatic rings. The van der Waals surface area contributed by atoms with Crippen molar-refractivity contribution in [1.82, 2.24) is 5.32 Å². The van der Waals surface area contributed by atoms with Crippen molar-refractivity contribution in [3.05, 3.63) is 64.7 Å². The zero-order chi connectivity index (χ0) is 21.4. The Hall–Kier alpha value is -2.38. The summed E-state index contributed by atoms with van der Waals surface area (Å²) >= 11 is 8.70. The van der Waals surface area contributed by atoms with Crippen LogP contribution in [0, 0.1) is 5.92 Å². The predicted molar refractivity (Wildman–Crippen MR) is 125 cm³/mol. The summed E-state index contributed by atoms with van der Waals surface area (Å²) < 4.78 is 12.0. The number of nitrogens with one attached hydrogen (secondary N) is 2. The monoisotopic (exact) mass is 476 g/mol. The molecule has 0 aliphatic rings. The van der Waals surface area contributed by atoms with Crippen molar-refractivity contribution in [3.8, 4) is 11.5 Å². The normalized spacial score (nSPS) is 10.4. The number of rotatable bonds is 8. The molecule has 0 aliphatic carbocycles. The van der Waals surface area contributed by atoms with Crippen molar-refractivity contribution < 1.29 is 14.3 Å². The molecule has 5 nitrogen and oxygen atoms in total. The number of halogens is 1. The van der Waals surface area contributed by atoms with Crippen molar-refractivity contribution in [2.45, 2.75) is 20.8 Å². The topological polar surface area (TPSA) is 59.6 Å². The molecule has 0 spiro atoms. The number of carbonyl (C=O) groups excluding carboxylic acids is 1. The van der Waals surface area contributed by atoms with Crippen LogP contribution in [-0.4, -0.2) is 24.2 Å². The van der Waals surface area contributed by atoms with Crippen molar-refractivity contribution in [2.24, 2.45) is 5.92 Å². The molecule has 0 saturated carbocycles. The number of carbonyl (C=O) groups is 1. The second-order valence-electron chi connectivity index (χ2n) is 7.03. The van der Waals surface area contributed by atoms with Gasteiger partial charge in [-0.2, -0.15) is 0 Å². The third-order valence-corrected chi connectivity index (χ3v) is 4.39. The van der Waals surface area contributed by atoms with Crippen LogP contribution in [0.3, 0.4) is 0 Å². The molecule has 0 heterocycles. The highest BCUT2D eigenvalue weighted by Crippen LogP contribution is 2.26. The summed E-state index contributed by atoms with van der Waals surface area (Å²) in [5.74, 6) is 1.49. The molecule has 0 bridgehead atoms. The second kappa shape index (κ2) is 11.0. The Morgan fingerprint density at radius 1 is 1.21 bits per heavy atom. The molecule has 0 aromatic heterocycles. The molecular formula is C22H25BrN2O3S. The zero-order valence-electron chi connectivity index (χ0n) is 16.8. The van der Waals surface area contributed by atoms with Crippen LogP contribution >= 0.6 is 28.1 Å². The van der Waals surface area contributed by atoms with Gasteiger partial charge in [-0.25, -0.2) is 0 Å². The van der Waals surface area contributed by atoms with Gasteiger partial charge < -0.3 is 14.8 Å². The first-order chi connectivity index (χ1) is 13.7. The molecule has 2 N–H and O–H groups in total. The van der Waals surface area contributed by atoms with E-state index in [1.165, 1.54) is 0 Å². The summed E-state index contributed by atoms with van der Waals surface area (Å²) in [7, 11) is 0. The lowest BCUT2D eigenvalue weighted by Gasteiger charge is -2.13. The smallest absolute Gasteiger partial charge is 0.257 e. The summed E-state index contributed by atoms with van der Waals surface area (Å²) in [4.78, 5) is 12.5. The number of anilines is 1. The van der Waals surface area contributed by atoms with Gasteiger partial charge in [-0.05, 0) is 76.9 Å². The molecule has 0 radical (unpaired) electrons. The van der Waals surface area contributed by atoms with Gasteiger partial charge in [0.05, 0.1) is 11.1 Å². The maximum Gasteiger partial charge on any atom is 0.257 e. The van der Waals surface area contributed by atoms with E-state index in [2.05, 4.69) is 47.0 Å². The predicted octanol–water partition coefficient (Wildman–Crippen LogP) is 5.57. The van der Waals surface area contributed by atoms with Crippen molar-refractivity contribution in [3.63, 3.8) is 0 Å². The lowest BCUT2D eigenvalue weighted by atomic mass is 10.2. The fourth-order valence-electron chi connectivity index (χ4n) is 2.22. The number of benzene rings is 2. The fraction of sp³-hybridized carbons (Fsp3) is 0.273. The first kappa shape index (κ1) is 22.9. The minimum atomic E-state index is -0.312. The SMILES string of the molecule is C=C(C)COc1cccc(NC(=S)NC(=O)c2ccc(OCC(C)C)c(Br)c2)c1. The lowest BCUT2D eigenvalue weighted by molar-refractivity contribution is 0.0977. The van der Waals surface area contributed by atoms with Crippen LogP contribution in [-0.2, 0) is 0 Å². The molecule has 154 valence electrons. The van der Waals surface area contributed by atoms with Crippen LogP contribution in [0.15, 0.2) is 59.1 Å². The summed E-state index contributed by atoms with van der Waals surface area (Å²) in [5.41, 5.74) is 2.11. The van der Waals surface area contributed by atoms with E-state index in [0.717, 1.165) is 5.57 Å². The minimum Gasteiger partial charge on any atom is -0.492 e. The van der Waals surface area contributed by atoms with E-state index in [1.54, 1.807) is 24.3 Å². The van der Waals surface area contributed by atoms with E-state index in [9.17, 15) is 4.79 Å². The van der Waals surface area contributed by atoms with Gasteiger partial charge in [0.1, 0.15) is 18.1 Å². The van der Waals surface area contributed by atoms with Gasteiger partial charge in [0.2, 0.25) is 0 Å². The van der Waals surface area contributed by atoms with E-state index in [4.69, 9.17) is 21.7 Å². The van der Waals surface area contributed by atoms with Gasteiger partial charge in [-0.3, -0.25) is 10.1 Å². The van der Waals surface area contributed by atoms with E-state index in [-0.39, 0.29) is 11.0 Å². The molecule has 7 heteroatoms. The molecule has 2 rings (SSSR count). The van der Waals surface area contributed by atoms with Crippen molar-refractivity contribution in [1.29, 1.82) is 0 Å². The molecule has 0 atom stereocenters. The molecule has 1 amide bonds. The molecular weight excluding hydrogens is 452 g/mol. The summed E-state index contributed by atoms with van der Waals surface area (Å²) in [5, 5.41) is 5.86. The fourth-order valence-corrected chi connectivity index (χ4v) is 2.93. The highest BCUT2D eigenvalue weighted by molar-refractivity contribution is 9.10.